The second-order valence-corrected chi connectivity index (χ2v) is 10.3. The number of aromatic hydroxyl groups is 1. The van der Waals surface area contributed by atoms with Gasteiger partial charge in [0.25, 0.3) is 0 Å². The smallest absolute Gasteiger partial charge is 0.163 e. The number of allylic oxidation sites excluding steroid dienone is 6. The first-order chi connectivity index (χ1) is 15.5. The maximum atomic E-state index is 12.9. The lowest BCUT2D eigenvalue weighted by molar-refractivity contribution is -0.116. The van der Waals surface area contributed by atoms with Crippen LogP contribution in [-0.4, -0.2) is 10.9 Å². The molecule has 4 aliphatic rings. The van der Waals surface area contributed by atoms with Crippen molar-refractivity contribution in [3.05, 3.63) is 94.6 Å². The van der Waals surface area contributed by atoms with Crippen molar-refractivity contribution >= 4 is 11.4 Å². The number of carbonyl (C=O) groups excluding carboxylic acids is 1. The number of carbonyl (C=O) groups is 1. The van der Waals surface area contributed by atoms with Gasteiger partial charge in [-0.1, -0.05) is 61.0 Å². The van der Waals surface area contributed by atoms with Crippen molar-refractivity contribution in [2.45, 2.75) is 51.4 Å². The Kier molecular flexibility index (Phi) is 4.54. The van der Waals surface area contributed by atoms with Gasteiger partial charge < -0.3 is 5.11 Å². The number of phenolic OH excluding ortho intramolecular Hbond substituents is 1. The van der Waals surface area contributed by atoms with Gasteiger partial charge in [0.1, 0.15) is 5.75 Å². The van der Waals surface area contributed by atoms with Crippen LogP contribution < -0.4 is 0 Å². The first-order valence-electron chi connectivity index (χ1n) is 12.1. The summed E-state index contributed by atoms with van der Waals surface area (Å²) in [5.41, 5.74) is 8.55. The summed E-state index contributed by atoms with van der Waals surface area (Å²) in [6, 6.07) is 18.1. The molecular weight excluding hydrogens is 392 g/mol. The zero-order chi connectivity index (χ0) is 21.9. The van der Waals surface area contributed by atoms with Crippen molar-refractivity contribution in [1.82, 2.24) is 0 Å². The van der Waals surface area contributed by atoms with Crippen LogP contribution in [0.4, 0.5) is 0 Å². The molecule has 1 N–H and O–H groups in total. The van der Waals surface area contributed by atoms with E-state index >= 15 is 0 Å². The minimum atomic E-state index is -0.0243. The molecule has 0 amide bonds. The molecule has 1 unspecified atom stereocenters. The Labute approximate surface area is 190 Å². The lowest BCUT2D eigenvalue weighted by atomic mass is 9.55. The van der Waals surface area contributed by atoms with E-state index in [9.17, 15) is 9.90 Å². The van der Waals surface area contributed by atoms with Crippen LogP contribution in [0.1, 0.15) is 62.5 Å². The largest absolute Gasteiger partial charge is 0.508 e. The SMILES string of the molecule is C[C@]12CCC3=C4CC(c5ccccc5)C(=O)C=C4CC[C@H]3[C@@H]1CC=C2c1ccc(O)cc1. The summed E-state index contributed by atoms with van der Waals surface area (Å²) in [4.78, 5) is 12.9. The standard InChI is InChI=1S/C30H30O2/c1-30-16-15-23-24(28(30)14-13-27(30)20-7-10-22(31)11-8-20)12-9-21-17-29(32)26(18-25(21)23)19-5-3-2-4-6-19/h2-8,10-11,13,17,24,26,28,31H,9,12,14-16,18H2,1H3/t24-,26?,28+,30-/m1/s1. The fraction of sp³-hybridized carbons (Fsp3) is 0.367. The minimum absolute atomic E-state index is 0.0243. The zero-order valence-electron chi connectivity index (χ0n) is 18.7. The maximum absolute atomic E-state index is 12.9. The topological polar surface area (TPSA) is 37.3 Å². The van der Waals surface area contributed by atoms with Gasteiger partial charge in [0.05, 0.1) is 5.92 Å². The van der Waals surface area contributed by atoms with Crippen molar-refractivity contribution in [2.24, 2.45) is 17.3 Å². The van der Waals surface area contributed by atoms with Crippen molar-refractivity contribution in [1.29, 1.82) is 0 Å². The monoisotopic (exact) mass is 422 g/mol. The third-order valence-corrected chi connectivity index (χ3v) is 8.80. The van der Waals surface area contributed by atoms with Crippen molar-refractivity contribution in [3.63, 3.8) is 0 Å². The van der Waals surface area contributed by atoms with E-state index in [-0.39, 0.29) is 17.1 Å². The molecule has 0 radical (unpaired) electrons. The van der Waals surface area contributed by atoms with E-state index in [0.717, 1.165) is 37.7 Å². The summed E-state index contributed by atoms with van der Waals surface area (Å²) < 4.78 is 0. The van der Waals surface area contributed by atoms with Gasteiger partial charge in [0.2, 0.25) is 0 Å². The van der Waals surface area contributed by atoms with E-state index in [4.69, 9.17) is 0 Å². The quantitative estimate of drug-likeness (QED) is 0.566. The Bertz CT molecular complexity index is 1170. The molecule has 0 aliphatic heterocycles. The molecular formula is C30H30O2. The molecule has 0 saturated heterocycles. The zero-order valence-corrected chi connectivity index (χ0v) is 18.7. The number of hydrogen-bond donors (Lipinski definition) is 1. The number of fused-ring (bicyclic) bond motifs is 4. The van der Waals surface area contributed by atoms with Crippen LogP contribution in [0, 0.1) is 17.3 Å². The molecule has 2 heteroatoms. The molecule has 0 heterocycles. The molecule has 2 nitrogen and oxygen atoms in total. The summed E-state index contributed by atoms with van der Waals surface area (Å²) in [6.07, 6.45) is 11.0. The Hall–Kier alpha value is -2.87. The molecule has 162 valence electrons. The summed E-state index contributed by atoms with van der Waals surface area (Å²) in [7, 11) is 0. The maximum Gasteiger partial charge on any atom is 0.163 e. The van der Waals surface area contributed by atoms with Gasteiger partial charge in [-0.05, 0) is 102 Å². The highest BCUT2D eigenvalue weighted by Gasteiger charge is 2.50. The molecule has 4 aliphatic carbocycles. The van der Waals surface area contributed by atoms with Crippen LogP contribution in [0.5, 0.6) is 5.75 Å². The van der Waals surface area contributed by atoms with E-state index in [1.807, 2.05) is 36.4 Å². The number of ketones is 1. The van der Waals surface area contributed by atoms with Gasteiger partial charge in [-0.25, -0.2) is 0 Å². The predicted octanol–water partition coefficient (Wildman–Crippen LogP) is 6.99. The first kappa shape index (κ1) is 19.8. The van der Waals surface area contributed by atoms with Crippen LogP contribution in [-0.2, 0) is 4.79 Å². The second-order valence-electron chi connectivity index (χ2n) is 10.3. The summed E-state index contributed by atoms with van der Waals surface area (Å²) in [5.74, 6) is 1.85. The van der Waals surface area contributed by atoms with Crippen LogP contribution in [0.2, 0.25) is 0 Å². The molecule has 6 rings (SSSR count). The van der Waals surface area contributed by atoms with Crippen molar-refractivity contribution in [2.75, 3.05) is 0 Å². The molecule has 0 aromatic heterocycles. The Morgan fingerprint density at radius 2 is 1.78 bits per heavy atom. The van der Waals surface area contributed by atoms with Crippen LogP contribution >= 0.6 is 0 Å². The van der Waals surface area contributed by atoms with E-state index in [1.165, 1.54) is 28.7 Å². The van der Waals surface area contributed by atoms with E-state index < -0.39 is 0 Å². The number of benzene rings is 2. The molecule has 1 saturated carbocycles. The average Bonchev–Trinajstić information content (AvgIpc) is 3.17. The van der Waals surface area contributed by atoms with Crippen LogP contribution in [0.15, 0.2) is 83.5 Å². The molecule has 0 spiro atoms. The summed E-state index contributed by atoms with van der Waals surface area (Å²) in [5, 5.41) is 9.73. The summed E-state index contributed by atoms with van der Waals surface area (Å²) in [6.45, 7) is 2.47. The van der Waals surface area contributed by atoms with Crippen LogP contribution in [0.25, 0.3) is 5.57 Å². The van der Waals surface area contributed by atoms with Crippen molar-refractivity contribution < 1.29 is 9.90 Å². The predicted molar refractivity (Wildman–Crippen MR) is 128 cm³/mol. The molecule has 1 fully saturated rings. The Morgan fingerprint density at radius 3 is 2.56 bits per heavy atom. The number of rotatable bonds is 2. The van der Waals surface area contributed by atoms with E-state index in [1.54, 1.807) is 5.57 Å². The van der Waals surface area contributed by atoms with Gasteiger partial charge in [-0.2, -0.15) is 0 Å². The Morgan fingerprint density at radius 1 is 1.00 bits per heavy atom. The molecule has 0 bridgehead atoms. The number of hydrogen-bond acceptors (Lipinski definition) is 2. The third-order valence-electron chi connectivity index (χ3n) is 8.80. The average molecular weight is 423 g/mol. The van der Waals surface area contributed by atoms with E-state index in [2.05, 4.69) is 37.3 Å². The van der Waals surface area contributed by atoms with Gasteiger partial charge in [-0.15, -0.1) is 0 Å². The fourth-order valence-electron chi connectivity index (χ4n) is 7.16. The van der Waals surface area contributed by atoms with E-state index in [0.29, 0.717) is 17.6 Å². The third kappa shape index (κ3) is 2.96. The fourth-order valence-corrected chi connectivity index (χ4v) is 7.16. The molecule has 2 aromatic carbocycles. The van der Waals surface area contributed by atoms with Gasteiger partial charge in [0, 0.05) is 0 Å². The first-order valence-corrected chi connectivity index (χ1v) is 12.1. The summed E-state index contributed by atoms with van der Waals surface area (Å²) >= 11 is 0. The molecule has 4 atom stereocenters. The Balaban J connectivity index is 1.34. The lowest BCUT2D eigenvalue weighted by Crippen LogP contribution is -2.38. The highest BCUT2D eigenvalue weighted by atomic mass is 16.3. The number of phenols is 1. The lowest BCUT2D eigenvalue weighted by Gasteiger charge is -2.49. The second kappa shape index (κ2) is 7.33. The van der Waals surface area contributed by atoms with Gasteiger partial charge in [-0.3, -0.25) is 4.79 Å². The highest BCUT2D eigenvalue weighted by molar-refractivity contribution is 5.98. The minimum Gasteiger partial charge on any atom is -0.508 e. The molecule has 2 aromatic rings. The highest BCUT2D eigenvalue weighted by Crippen LogP contribution is 2.62. The van der Waals surface area contributed by atoms with Crippen molar-refractivity contribution in [3.8, 4) is 5.75 Å². The van der Waals surface area contributed by atoms with Gasteiger partial charge >= 0.3 is 0 Å². The van der Waals surface area contributed by atoms with Gasteiger partial charge in [0.15, 0.2) is 5.78 Å². The normalized spacial score (nSPS) is 31.4. The molecule has 32 heavy (non-hydrogen) atoms. The van der Waals surface area contributed by atoms with Crippen LogP contribution in [0.3, 0.4) is 0 Å².